The minimum Gasteiger partial charge on any atom is -0.383 e. The first-order valence-electron chi connectivity index (χ1n) is 10.1. The molecule has 0 spiro atoms. The lowest BCUT2D eigenvalue weighted by molar-refractivity contribution is -0.122. The number of carbonyl (C=O) groups is 1. The van der Waals surface area contributed by atoms with Gasteiger partial charge in [0.2, 0.25) is 0 Å². The molecule has 0 bridgehead atoms. The number of nitrogens with zero attached hydrogens (tertiary/aromatic N) is 5. The number of amides is 1. The summed E-state index contributed by atoms with van der Waals surface area (Å²) in [6.07, 6.45) is 3.37. The first-order chi connectivity index (χ1) is 14.9. The first-order valence-corrected chi connectivity index (χ1v) is 11.3. The van der Waals surface area contributed by atoms with Crippen LogP contribution in [0.4, 0.5) is 5.82 Å². The van der Waals surface area contributed by atoms with Gasteiger partial charge in [0.1, 0.15) is 15.8 Å². The highest BCUT2D eigenvalue weighted by Crippen LogP contribution is 2.33. The van der Waals surface area contributed by atoms with Crippen molar-refractivity contribution < 1.29 is 9.53 Å². The zero-order chi connectivity index (χ0) is 22.1. The van der Waals surface area contributed by atoms with E-state index in [9.17, 15) is 9.59 Å². The van der Waals surface area contributed by atoms with Gasteiger partial charge in [-0.05, 0) is 31.7 Å². The maximum absolute atomic E-state index is 13.5. The second kappa shape index (κ2) is 9.07. The standard InChI is InChI=1S/C21H25N5O3S2/c1-14-5-4-6-25-17(14)22-18(24-9-7-23(2)8-10-24)15(19(25)27)13-16-20(28)26(11-12-29-3)21(30)31-16/h4-6,13H,7-12H2,1-3H3/b16-13-. The van der Waals surface area contributed by atoms with Crippen molar-refractivity contribution in [3.8, 4) is 0 Å². The van der Waals surface area contributed by atoms with Gasteiger partial charge in [0.05, 0.1) is 23.6 Å². The minimum atomic E-state index is -0.204. The summed E-state index contributed by atoms with van der Waals surface area (Å²) in [5.74, 6) is 0.416. The summed E-state index contributed by atoms with van der Waals surface area (Å²) in [6, 6.07) is 3.77. The number of piperazine rings is 1. The molecule has 0 aliphatic carbocycles. The lowest BCUT2D eigenvalue weighted by atomic mass is 10.2. The Morgan fingerprint density at radius 3 is 2.71 bits per heavy atom. The molecule has 10 heteroatoms. The SMILES string of the molecule is COCCN1C(=O)/C(=C/c2c(N3CCN(C)CC3)nc3c(C)cccn3c2=O)SC1=S. The van der Waals surface area contributed by atoms with Crippen LogP contribution in [0, 0.1) is 6.92 Å². The van der Waals surface area contributed by atoms with Crippen LogP contribution in [0.3, 0.4) is 0 Å². The monoisotopic (exact) mass is 459 g/mol. The summed E-state index contributed by atoms with van der Waals surface area (Å²) in [7, 11) is 3.66. The number of methoxy groups -OCH3 is 1. The average molecular weight is 460 g/mol. The van der Waals surface area contributed by atoms with Gasteiger partial charge in [-0.2, -0.15) is 0 Å². The lowest BCUT2D eigenvalue weighted by Crippen LogP contribution is -2.45. The van der Waals surface area contributed by atoms with E-state index in [1.165, 1.54) is 16.7 Å². The minimum absolute atomic E-state index is 0.190. The van der Waals surface area contributed by atoms with Crippen molar-refractivity contribution in [1.29, 1.82) is 0 Å². The van der Waals surface area contributed by atoms with E-state index in [2.05, 4.69) is 16.8 Å². The number of anilines is 1. The van der Waals surface area contributed by atoms with Gasteiger partial charge in [-0.1, -0.05) is 30.0 Å². The Hall–Kier alpha value is -2.27. The Kier molecular flexibility index (Phi) is 6.42. The van der Waals surface area contributed by atoms with Crippen LogP contribution in [-0.4, -0.2) is 82.9 Å². The van der Waals surface area contributed by atoms with Gasteiger partial charge in [-0.15, -0.1) is 0 Å². The topological polar surface area (TPSA) is 70.4 Å². The number of rotatable bonds is 5. The van der Waals surface area contributed by atoms with E-state index in [1.807, 2.05) is 19.1 Å². The zero-order valence-corrected chi connectivity index (χ0v) is 19.5. The molecule has 0 radical (unpaired) electrons. The molecule has 31 heavy (non-hydrogen) atoms. The third-order valence-electron chi connectivity index (χ3n) is 5.54. The Morgan fingerprint density at radius 1 is 1.26 bits per heavy atom. The molecule has 0 aromatic carbocycles. The van der Waals surface area contributed by atoms with E-state index >= 15 is 0 Å². The van der Waals surface area contributed by atoms with Crippen molar-refractivity contribution in [3.05, 3.63) is 44.7 Å². The maximum Gasteiger partial charge on any atom is 0.267 e. The van der Waals surface area contributed by atoms with E-state index in [0.717, 1.165) is 31.7 Å². The van der Waals surface area contributed by atoms with Crippen molar-refractivity contribution in [2.24, 2.45) is 0 Å². The average Bonchev–Trinajstić information content (AvgIpc) is 3.02. The lowest BCUT2D eigenvalue weighted by Gasteiger charge is -2.34. The molecule has 1 amide bonds. The van der Waals surface area contributed by atoms with Crippen LogP contribution in [0.15, 0.2) is 28.0 Å². The predicted octanol–water partition coefficient (Wildman–Crippen LogP) is 1.60. The fraction of sp³-hybridized carbons (Fsp3) is 0.429. The molecular weight excluding hydrogens is 434 g/mol. The molecule has 2 aromatic rings. The van der Waals surface area contributed by atoms with Crippen molar-refractivity contribution >= 4 is 51.7 Å². The van der Waals surface area contributed by atoms with Crippen LogP contribution < -0.4 is 10.5 Å². The Bertz CT molecular complexity index is 1120. The highest BCUT2D eigenvalue weighted by atomic mass is 32.2. The molecule has 0 atom stereocenters. The quantitative estimate of drug-likeness (QED) is 0.493. The first kappa shape index (κ1) is 21.9. The van der Waals surface area contributed by atoms with E-state index < -0.39 is 0 Å². The Balaban J connectivity index is 1.83. The maximum atomic E-state index is 13.5. The number of hydrogen-bond acceptors (Lipinski definition) is 8. The second-order valence-corrected chi connectivity index (χ2v) is 9.33. The Morgan fingerprint density at radius 2 is 2.00 bits per heavy atom. The van der Waals surface area contributed by atoms with Crippen LogP contribution >= 0.6 is 24.0 Å². The molecule has 2 aliphatic heterocycles. The fourth-order valence-corrected chi connectivity index (χ4v) is 4.98. The van der Waals surface area contributed by atoms with E-state index in [1.54, 1.807) is 23.8 Å². The van der Waals surface area contributed by atoms with Crippen LogP contribution in [0.2, 0.25) is 0 Å². The van der Waals surface area contributed by atoms with Gasteiger partial charge >= 0.3 is 0 Å². The molecule has 4 heterocycles. The van der Waals surface area contributed by atoms with Crippen LogP contribution in [0.1, 0.15) is 11.1 Å². The normalized spacial score (nSPS) is 19.3. The largest absolute Gasteiger partial charge is 0.383 e. The molecular formula is C21H25N5O3S2. The van der Waals surface area contributed by atoms with Crippen molar-refractivity contribution in [2.45, 2.75) is 6.92 Å². The van der Waals surface area contributed by atoms with Crippen LogP contribution in [-0.2, 0) is 9.53 Å². The molecule has 8 nitrogen and oxygen atoms in total. The summed E-state index contributed by atoms with van der Waals surface area (Å²) < 4.78 is 7.10. The summed E-state index contributed by atoms with van der Waals surface area (Å²) >= 11 is 6.59. The number of fused-ring (bicyclic) bond motifs is 1. The third kappa shape index (κ3) is 4.25. The summed E-state index contributed by atoms with van der Waals surface area (Å²) in [6.45, 7) is 6.02. The van der Waals surface area contributed by atoms with Crippen molar-refractivity contribution in [1.82, 2.24) is 19.2 Å². The molecule has 2 aliphatic rings. The Labute approximate surface area is 190 Å². The molecule has 2 saturated heterocycles. The number of pyridine rings is 1. The molecule has 0 saturated carbocycles. The number of hydrogen-bond donors (Lipinski definition) is 0. The molecule has 164 valence electrons. The summed E-state index contributed by atoms with van der Waals surface area (Å²) in [5.41, 5.74) is 1.78. The van der Waals surface area contributed by atoms with Gasteiger partial charge in [-0.3, -0.25) is 18.9 Å². The molecule has 0 N–H and O–H groups in total. The molecule has 0 unspecified atom stereocenters. The van der Waals surface area contributed by atoms with E-state index in [4.69, 9.17) is 21.9 Å². The van der Waals surface area contributed by atoms with Gasteiger partial charge < -0.3 is 14.5 Å². The summed E-state index contributed by atoms with van der Waals surface area (Å²) in [4.78, 5) is 37.6. The van der Waals surface area contributed by atoms with Crippen LogP contribution in [0.25, 0.3) is 11.7 Å². The predicted molar refractivity (Wildman–Crippen MR) is 128 cm³/mol. The fourth-order valence-electron chi connectivity index (χ4n) is 3.69. The summed E-state index contributed by atoms with van der Waals surface area (Å²) in [5, 5.41) is 0. The van der Waals surface area contributed by atoms with Gasteiger partial charge in [-0.25, -0.2) is 4.98 Å². The molecule has 2 aromatic heterocycles. The van der Waals surface area contributed by atoms with Gasteiger partial charge in [0.15, 0.2) is 0 Å². The third-order valence-corrected chi connectivity index (χ3v) is 6.91. The van der Waals surface area contributed by atoms with Gasteiger partial charge in [0, 0.05) is 39.5 Å². The van der Waals surface area contributed by atoms with Crippen molar-refractivity contribution in [2.75, 3.05) is 58.4 Å². The molecule has 2 fully saturated rings. The highest BCUT2D eigenvalue weighted by molar-refractivity contribution is 8.26. The number of ether oxygens (including phenoxy) is 1. The number of likely N-dealkylation sites (N-methyl/N-ethyl adjacent to an activating group) is 1. The van der Waals surface area contributed by atoms with E-state index in [0.29, 0.717) is 39.4 Å². The molecule has 4 rings (SSSR count). The smallest absolute Gasteiger partial charge is 0.267 e. The van der Waals surface area contributed by atoms with Gasteiger partial charge in [0.25, 0.3) is 11.5 Å². The number of carbonyl (C=O) groups excluding carboxylic acids is 1. The number of aromatic nitrogens is 2. The highest BCUT2D eigenvalue weighted by Gasteiger charge is 2.33. The number of thiocarbonyl (C=S) groups is 1. The zero-order valence-electron chi connectivity index (χ0n) is 17.8. The van der Waals surface area contributed by atoms with Crippen LogP contribution in [0.5, 0.6) is 0 Å². The van der Waals surface area contributed by atoms with Crippen molar-refractivity contribution in [3.63, 3.8) is 0 Å². The van der Waals surface area contributed by atoms with E-state index in [-0.39, 0.29) is 11.5 Å². The number of thioether (sulfide) groups is 1. The number of aryl methyl sites for hydroxylation is 1. The second-order valence-electron chi connectivity index (χ2n) is 7.66.